The number of carbonyl (C=O) groups is 2. The minimum Gasteiger partial charge on any atom is -0.469 e. The van der Waals surface area contributed by atoms with Crippen molar-refractivity contribution >= 4 is 27.8 Å². The molecule has 1 amide bonds. The first-order chi connectivity index (χ1) is 8.08. The lowest BCUT2D eigenvalue weighted by Crippen LogP contribution is -2.32. The molecule has 1 heterocycles. The van der Waals surface area contributed by atoms with Gasteiger partial charge in [-0.1, -0.05) is 0 Å². The number of nitrogens with zero attached hydrogens (tertiary/aromatic N) is 1. The van der Waals surface area contributed by atoms with Gasteiger partial charge in [0.2, 0.25) is 0 Å². The lowest BCUT2D eigenvalue weighted by Gasteiger charge is -2.18. The van der Waals surface area contributed by atoms with Gasteiger partial charge in [0, 0.05) is 13.1 Å². The molecule has 5 nitrogen and oxygen atoms in total. The number of esters is 1. The van der Waals surface area contributed by atoms with Crippen LogP contribution in [0.4, 0.5) is 0 Å². The zero-order valence-electron chi connectivity index (χ0n) is 9.73. The van der Waals surface area contributed by atoms with E-state index < -0.39 is 0 Å². The second-order valence-corrected chi connectivity index (χ2v) is 4.10. The van der Waals surface area contributed by atoms with Gasteiger partial charge in [0.1, 0.15) is 0 Å². The summed E-state index contributed by atoms with van der Waals surface area (Å²) in [5.74, 6) is -0.317. The molecular weight excluding hydrogens is 290 g/mol. The van der Waals surface area contributed by atoms with Crippen LogP contribution in [-0.2, 0) is 9.53 Å². The van der Waals surface area contributed by atoms with E-state index in [0.29, 0.717) is 17.8 Å². The summed E-state index contributed by atoms with van der Waals surface area (Å²) in [6.45, 7) is 2.67. The quantitative estimate of drug-likeness (QED) is 0.781. The van der Waals surface area contributed by atoms with Crippen LogP contribution >= 0.6 is 15.9 Å². The molecule has 0 radical (unpaired) electrons. The number of ether oxygens (including phenoxy) is 1. The van der Waals surface area contributed by atoms with E-state index in [4.69, 9.17) is 4.42 Å². The average molecular weight is 304 g/mol. The summed E-state index contributed by atoms with van der Waals surface area (Å²) >= 11 is 3.13. The number of furan rings is 1. The van der Waals surface area contributed by atoms with E-state index in [9.17, 15) is 9.59 Å². The predicted octanol–water partition coefficient (Wildman–Crippen LogP) is 2.07. The third-order valence-electron chi connectivity index (χ3n) is 2.27. The van der Waals surface area contributed by atoms with Crippen molar-refractivity contribution in [2.75, 3.05) is 20.2 Å². The van der Waals surface area contributed by atoms with E-state index in [-0.39, 0.29) is 24.1 Å². The fourth-order valence-corrected chi connectivity index (χ4v) is 1.62. The summed E-state index contributed by atoms with van der Waals surface area (Å²) in [5.41, 5.74) is 0. The van der Waals surface area contributed by atoms with Crippen LogP contribution in [0.15, 0.2) is 21.2 Å². The van der Waals surface area contributed by atoms with Gasteiger partial charge in [0.15, 0.2) is 10.4 Å². The molecule has 17 heavy (non-hydrogen) atoms. The van der Waals surface area contributed by atoms with Crippen LogP contribution in [0.1, 0.15) is 23.9 Å². The molecule has 0 aromatic carbocycles. The van der Waals surface area contributed by atoms with Crippen molar-refractivity contribution in [2.24, 2.45) is 0 Å². The van der Waals surface area contributed by atoms with E-state index in [1.807, 2.05) is 6.92 Å². The summed E-state index contributed by atoms with van der Waals surface area (Å²) in [6, 6.07) is 3.24. The first kappa shape index (κ1) is 13.8. The molecule has 0 aliphatic heterocycles. The van der Waals surface area contributed by atoms with Gasteiger partial charge < -0.3 is 14.1 Å². The molecule has 94 valence electrons. The Bertz CT molecular complexity index is 402. The van der Waals surface area contributed by atoms with Crippen molar-refractivity contribution in [3.8, 4) is 0 Å². The molecule has 0 aliphatic rings. The highest BCUT2D eigenvalue weighted by Crippen LogP contribution is 2.15. The summed E-state index contributed by atoms with van der Waals surface area (Å²) in [7, 11) is 1.32. The molecule has 0 unspecified atom stereocenters. The lowest BCUT2D eigenvalue weighted by molar-refractivity contribution is -0.140. The second kappa shape index (κ2) is 6.44. The molecule has 0 saturated heterocycles. The molecule has 0 fully saturated rings. The second-order valence-electron chi connectivity index (χ2n) is 3.31. The van der Waals surface area contributed by atoms with Gasteiger partial charge in [-0.25, -0.2) is 0 Å². The van der Waals surface area contributed by atoms with Crippen LogP contribution < -0.4 is 0 Å². The standard InChI is InChI=1S/C11H14BrNO4/c1-3-13(7-6-10(14)16-2)11(15)8-4-5-9(12)17-8/h4-5H,3,6-7H2,1-2H3. The molecule has 0 bridgehead atoms. The van der Waals surface area contributed by atoms with Crippen molar-refractivity contribution in [3.05, 3.63) is 22.6 Å². The van der Waals surface area contributed by atoms with Crippen molar-refractivity contribution < 1.29 is 18.7 Å². The Labute approximate surface area is 108 Å². The molecule has 1 rings (SSSR count). The number of halogens is 1. The van der Waals surface area contributed by atoms with E-state index >= 15 is 0 Å². The van der Waals surface area contributed by atoms with Gasteiger partial charge in [-0.2, -0.15) is 0 Å². The Morgan fingerprint density at radius 2 is 2.18 bits per heavy atom. The normalized spacial score (nSPS) is 10.1. The Kier molecular flexibility index (Phi) is 5.21. The van der Waals surface area contributed by atoms with Crippen molar-refractivity contribution in [1.29, 1.82) is 0 Å². The SMILES string of the molecule is CCN(CCC(=O)OC)C(=O)c1ccc(Br)o1. The van der Waals surface area contributed by atoms with Crippen molar-refractivity contribution in [2.45, 2.75) is 13.3 Å². The maximum atomic E-state index is 11.9. The summed E-state index contributed by atoms with van der Waals surface area (Å²) in [6.07, 6.45) is 0.179. The number of rotatable bonds is 5. The van der Waals surface area contributed by atoms with Crippen LogP contribution in [0.5, 0.6) is 0 Å². The van der Waals surface area contributed by atoms with Crippen molar-refractivity contribution in [1.82, 2.24) is 4.90 Å². The highest BCUT2D eigenvalue weighted by Gasteiger charge is 2.18. The first-order valence-corrected chi connectivity index (χ1v) is 5.99. The molecule has 1 aromatic rings. The molecular formula is C11H14BrNO4. The van der Waals surface area contributed by atoms with Crippen LogP contribution in [0, 0.1) is 0 Å². The maximum Gasteiger partial charge on any atom is 0.307 e. The smallest absolute Gasteiger partial charge is 0.307 e. The van der Waals surface area contributed by atoms with Gasteiger partial charge in [0.05, 0.1) is 13.5 Å². The molecule has 0 aliphatic carbocycles. The van der Waals surface area contributed by atoms with E-state index in [1.54, 1.807) is 12.1 Å². The monoisotopic (exact) mass is 303 g/mol. The number of hydrogen-bond acceptors (Lipinski definition) is 4. The fraction of sp³-hybridized carbons (Fsp3) is 0.455. The van der Waals surface area contributed by atoms with Gasteiger partial charge in [-0.3, -0.25) is 9.59 Å². The van der Waals surface area contributed by atoms with Crippen LogP contribution in [0.2, 0.25) is 0 Å². The third-order valence-corrected chi connectivity index (χ3v) is 2.69. The Morgan fingerprint density at radius 3 is 2.65 bits per heavy atom. The van der Waals surface area contributed by atoms with Crippen molar-refractivity contribution in [3.63, 3.8) is 0 Å². The van der Waals surface area contributed by atoms with Gasteiger partial charge in [-0.15, -0.1) is 0 Å². The summed E-state index contributed by atoms with van der Waals surface area (Å²) in [5, 5.41) is 0. The maximum absolute atomic E-state index is 11.9. The van der Waals surface area contributed by atoms with E-state index in [2.05, 4.69) is 20.7 Å². The van der Waals surface area contributed by atoms with Crippen LogP contribution in [0.3, 0.4) is 0 Å². The molecule has 0 spiro atoms. The Hall–Kier alpha value is -1.30. The molecule has 0 N–H and O–H groups in total. The first-order valence-electron chi connectivity index (χ1n) is 5.20. The zero-order valence-corrected chi connectivity index (χ0v) is 11.3. The Balaban J connectivity index is 2.61. The Morgan fingerprint density at radius 1 is 1.47 bits per heavy atom. The van der Waals surface area contributed by atoms with Crippen LogP contribution in [0.25, 0.3) is 0 Å². The number of carbonyl (C=O) groups excluding carboxylic acids is 2. The minimum atomic E-state index is -0.336. The van der Waals surface area contributed by atoms with Gasteiger partial charge in [0.25, 0.3) is 5.91 Å². The van der Waals surface area contributed by atoms with E-state index in [1.165, 1.54) is 12.0 Å². The average Bonchev–Trinajstić information content (AvgIpc) is 2.76. The summed E-state index contributed by atoms with van der Waals surface area (Å²) in [4.78, 5) is 24.5. The predicted molar refractivity (Wildman–Crippen MR) is 64.6 cm³/mol. The highest BCUT2D eigenvalue weighted by atomic mass is 79.9. The largest absolute Gasteiger partial charge is 0.469 e. The third kappa shape index (κ3) is 3.89. The summed E-state index contributed by atoms with van der Waals surface area (Å²) < 4.78 is 10.2. The van der Waals surface area contributed by atoms with Gasteiger partial charge in [-0.05, 0) is 35.0 Å². The lowest BCUT2D eigenvalue weighted by atomic mass is 10.3. The molecule has 0 atom stereocenters. The van der Waals surface area contributed by atoms with E-state index in [0.717, 1.165) is 0 Å². The zero-order chi connectivity index (χ0) is 12.8. The number of methoxy groups -OCH3 is 1. The minimum absolute atomic E-state index is 0.179. The topological polar surface area (TPSA) is 59.8 Å². The highest BCUT2D eigenvalue weighted by molar-refractivity contribution is 9.10. The number of amides is 1. The number of hydrogen-bond donors (Lipinski definition) is 0. The van der Waals surface area contributed by atoms with Crippen LogP contribution in [-0.4, -0.2) is 37.0 Å². The molecule has 0 saturated carbocycles. The van der Waals surface area contributed by atoms with Gasteiger partial charge >= 0.3 is 5.97 Å². The molecule has 6 heteroatoms. The fourth-order valence-electron chi connectivity index (χ4n) is 1.32. The molecule has 1 aromatic heterocycles.